The SMILES string of the molecule is O=C(C1CCCCCC1)N1CCCC(CO)C1. The molecule has 1 heterocycles. The van der Waals surface area contributed by atoms with E-state index >= 15 is 0 Å². The molecule has 3 heteroatoms. The first kappa shape index (κ1) is 12.9. The van der Waals surface area contributed by atoms with Crippen LogP contribution >= 0.6 is 0 Å². The Hall–Kier alpha value is -0.570. The maximum atomic E-state index is 12.4. The van der Waals surface area contributed by atoms with Gasteiger partial charge >= 0.3 is 0 Å². The van der Waals surface area contributed by atoms with Crippen molar-refractivity contribution in [3.05, 3.63) is 0 Å². The standard InChI is InChI=1S/C14H25NO2/c16-11-12-6-5-9-15(10-12)14(17)13-7-3-1-2-4-8-13/h12-13,16H,1-11H2. The molecule has 0 aromatic carbocycles. The first-order chi connectivity index (χ1) is 8.31. The molecular formula is C14H25NO2. The van der Waals surface area contributed by atoms with Crippen LogP contribution in [0.15, 0.2) is 0 Å². The summed E-state index contributed by atoms with van der Waals surface area (Å²) < 4.78 is 0. The Balaban J connectivity index is 1.89. The van der Waals surface area contributed by atoms with Gasteiger partial charge in [0.2, 0.25) is 5.91 Å². The molecule has 98 valence electrons. The number of nitrogens with zero attached hydrogens (tertiary/aromatic N) is 1. The molecule has 1 aliphatic carbocycles. The smallest absolute Gasteiger partial charge is 0.225 e. The molecule has 1 amide bonds. The fraction of sp³-hybridized carbons (Fsp3) is 0.929. The van der Waals surface area contributed by atoms with Gasteiger partial charge in [-0.05, 0) is 31.6 Å². The summed E-state index contributed by atoms with van der Waals surface area (Å²) in [5.41, 5.74) is 0. The number of rotatable bonds is 2. The van der Waals surface area contributed by atoms with Gasteiger partial charge in [0.15, 0.2) is 0 Å². The number of likely N-dealkylation sites (tertiary alicyclic amines) is 1. The van der Waals surface area contributed by atoms with E-state index < -0.39 is 0 Å². The van der Waals surface area contributed by atoms with Crippen molar-refractivity contribution in [2.24, 2.45) is 11.8 Å². The quantitative estimate of drug-likeness (QED) is 0.750. The Morgan fingerprint density at radius 2 is 1.76 bits per heavy atom. The summed E-state index contributed by atoms with van der Waals surface area (Å²) in [6, 6.07) is 0. The van der Waals surface area contributed by atoms with Crippen LogP contribution in [0, 0.1) is 11.8 Å². The van der Waals surface area contributed by atoms with Crippen molar-refractivity contribution in [3.8, 4) is 0 Å². The highest BCUT2D eigenvalue weighted by Crippen LogP contribution is 2.26. The van der Waals surface area contributed by atoms with Crippen molar-refractivity contribution < 1.29 is 9.90 Å². The van der Waals surface area contributed by atoms with Gasteiger partial charge in [-0.15, -0.1) is 0 Å². The van der Waals surface area contributed by atoms with Crippen molar-refractivity contribution in [3.63, 3.8) is 0 Å². The van der Waals surface area contributed by atoms with E-state index in [-0.39, 0.29) is 12.5 Å². The van der Waals surface area contributed by atoms with E-state index in [9.17, 15) is 9.90 Å². The second-order valence-corrected chi connectivity index (χ2v) is 5.66. The lowest BCUT2D eigenvalue weighted by atomic mass is 9.94. The molecular weight excluding hydrogens is 214 g/mol. The van der Waals surface area contributed by atoms with Gasteiger partial charge in [-0.2, -0.15) is 0 Å². The lowest BCUT2D eigenvalue weighted by molar-refractivity contribution is -0.138. The van der Waals surface area contributed by atoms with Crippen molar-refractivity contribution in [1.29, 1.82) is 0 Å². The molecule has 2 aliphatic rings. The molecule has 1 N–H and O–H groups in total. The third kappa shape index (κ3) is 3.44. The zero-order valence-electron chi connectivity index (χ0n) is 10.7. The molecule has 0 aromatic rings. The molecule has 1 unspecified atom stereocenters. The summed E-state index contributed by atoms with van der Waals surface area (Å²) in [4.78, 5) is 14.4. The summed E-state index contributed by atoms with van der Waals surface area (Å²) in [6.07, 6.45) is 9.32. The van der Waals surface area contributed by atoms with E-state index in [1.165, 1.54) is 25.7 Å². The number of carbonyl (C=O) groups excluding carboxylic acids is 1. The third-order valence-electron chi connectivity index (χ3n) is 4.29. The van der Waals surface area contributed by atoms with Crippen LogP contribution in [0.2, 0.25) is 0 Å². The predicted molar refractivity (Wildman–Crippen MR) is 67.6 cm³/mol. The topological polar surface area (TPSA) is 40.5 Å². The van der Waals surface area contributed by atoms with Crippen LogP contribution < -0.4 is 0 Å². The van der Waals surface area contributed by atoms with Gasteiger partial charge in [-0.1, -0.05) is 25.7 Å². The van der Waals surface area contributed by atoms with Crippen LogP contribution in [0.1, 0.15) is 51.4 Å². The summed E-state index contributed by atoms with van der Waals surface area (Å²) in [5.74, 6) is 0.957. The zero-order chi connectivity index (χ0) is 12.1. The molecule has 17 heavy (non-hydrogen) atoms. The molecule has 2 rings (SSSR count). The van der Waals surface area contributed by atoms with Crippen LogP contribution in [-0.2, 0) is 4.79 Å². The summed E-state index contributed by atoms with van der Waals surface area (Å²) in [6.45, 7) is 1.92. The predicted octanol–water partition coefficient (Wildman–Crippen LogP) is 2.19. The van der Waals surface area contributed by atoms with Gasteiger partial charge in [0.1, 0.15) is 0 Å². The van der Waals surface area contributed by atoms with Gasteiger partial charge in [0.25, 0.3) is 0 Å². The molecule has 3 nitrogen and oxygen atoms in total. The number of hydrogen-bond acceptors (Lipinski definition) is 2. The minimum Gasteiger partial charge on any atom is -0.396 e. The van der Waals surface area contributed by atoms with Crippen LogP contribution in [-0.4, -0.2) is 35.6 Å². The Bertz CT molecular complexity index is 247. The molecule has 0 radical (unpaired) electrons. The second-order valence-electron chi connectivity index (χ2n) is 5.66. The zero-order valence-corrected chi connectivity index (χ0v) is 10.7. The molecule has 2 fully saturated rings. The normalized spacial score (nSPS) is 27.8. The number of aliphatic hydroxyl groups excluding tert-OH is 1. The van der Waals surface area contributed by atoms with Crippen molar-refractivity contribution in [2.45, 2.75) is 51.4 Å². The highest BCUT2D eigenvalue weighted by molar-refractivity contribution is 5.79. The van der Waals surface area contributed by atoms with E-state index in [1.807, 2.05) is 4.90 Å². The molecule has 1 aliphatic heterocycles. The number of hydrogen-bond donors (Lipinski definition) is 1. The van der Waals surface area contributed by atoms with Gasteiger partial charge in [0, 0.05) is 25.6 Å². The van der Waals surface area contributed by atoms with Crippen molar-refractivity contribution >= 4 is 5.91 Å². The number of piperidine rings is 1. The Morgan fingerprint density at radius 1 is 1.06 bits per heavy atom. The lowest BCUT2D eigenvalue weighted by Gasteiger charge is -2.34. The maximum Gasteiger partial charge on any atom is 0.225 e. The van der Waals surface area contributed by atoms with Crippen LogP contribution in [0.4, 0.5) is 0 Å². The number of aliphatic hydroxyl groups is 1. The molecule has 0 aromatic heterocycles. The van der Waals surface area contributed by atoms with E-state index in [0.29, 0.717) is 11.8 Å². The fourth-order valence-electron chi connectivity index (χ4n) is 3.20. The van der Waals surface area contributed by atoms with Gasteiger partial charge in [-0.3, -0.25) is 4.79 Å². The highest BCUT2D eigenvalue weighted by atomic mass is 16.3. The minimum atomic E-state index is 0.231. The van der Waals surface area contributed by atoms with Crippen LogP contribution in [0.3, 0.4) is 0 Å². The van der Waals surface area contributed by atoms with Gasteiger partial charge in [-0.25, -0.2) is 0 Å². The minimum absolute atomic E-state index is 0.231. The summed E-state index contributed by atoms with van der Waals surface area (Å²) in [7, 11) is 0. The summed E-state index contributed by atoms with van der Waals surface area (Å²) >= 11 is 0. The first-order valence-electron chi connectivity index (χ1n) is 7.21. The molecule has 1 atom stereocenters. The van der Waals surface area contributed by atoms with Gasteiger partial charge in [0.05, 0.1) is 0 Å². The molecule has 0 bridgehead atoms. The Labute approximate surface area is 104 Å². The Kier molecular flexibility index (Phi) is 4.84. The van der Waals surface area contributed by atoms with E-state index in [0.717, 1.165) is 38.8 Å². The van der Waals surface area contributed by atoms with Crippen molar-refractivity contribution in [1.82, 2.24) is 4.90 Å². The average molecular weight is 239 g/mol. The van der Waals surface area contributed by atoms with Crippen LogP contribution in [0.25, 0.3) is 0 Å². The summed E-state index contributed by atoms with van der Waals surface area (Å²) in [5, 5.41) is 9.21. The van der Waals surface area contributed by atoms with Gasteiger partial charge < -0.3 is 10.0 Å². The third-order valence-corrected chi connectivity index (χ3v) is 4.29. The first-order valence-corrected chi connectivity index (χ1v) is 7.21. The Morgan fingerprint density at radius 3 is 2.41 bits per heavy atom. The molecule has 1 saturated heterocycles. The van der Waals surface area contributed by atoms with Crippen LogP contribution in [0.5, 0.6) is 0 Å². The highest BCUT2D eigenvalue weighted by Gasteiger charge is 2.28. The fourth-order valence-corrected chi connectivity index (χ4v) is 3.20. The molecule has 1 saturated carbocycles. The number of carbonyl (C=O) groups is 1. The average Bonchev–Trinajstić information content (AvgIpc) is 2.67. The largest absolute Gasteiger partial charge is 0.396 e. The van der Waals surface area contributed by atoms with E-state index in [4.69, 9.17) is 0 Å². The maximum absolute atomic E-state index is 12.4. The lowest BCUT2D eigenvalue weighted by Crippen LogP contribution is -2.43. The monoisotopic (exact) mass is 239 g/mol. The number of amides is 1. The second kappa shape index (κ2) is 6.39. The van der Waals surface area contributed by atoms with E-state index in [2.05, 4.69) is 0 Å². The van der Waals surface area contributed by atoms with Crippen molar-refractivity contribution in [2.75, 3.05) is 19.7 Å². The molecule has 0 spiro atoms. The van der Waals surface area contributed by atoms with E-state index in [1.54, 1.807) is 0 Å².